The van der Waals surface area contributed by atoms with Gasteiger partial charge in [-0.2, -0.15) is 0 Å². The second-order valence-electron chi connectivity index (χ2n) is 7.86. The minimum atomic E-state index is -0.0460. The molecule has 0 atom stereocenters. The van der Waals surface area contributed by atoms with Crippen molar-refractivity contribution in [1.29, 1.82) is 0 Å². The predicted molar refractivity (Wildman–Crippen MR) is 128 cm³/mol. The monoisotopic (exact) mass is 431 g/mol. The van der Waals surface area contributed by atoms with Crippen molar-refractivity contribution >= 4 is 33.5 Å². The first kappa shape index (κ1) is 21.8. The van der Waals surface area contributed by atoms with Crippen LogP contribution in [0.5, 0.6) is 0 Å². The van der Waals surface area contributed by atoms with Gasteiger partial charge in [-0.1, -0.05) is 30.3 Å². The molecule has 0 radical (unpaired) electrons. The van der Waals surface area contributed by atoms with Crippen LogP contribution in [0.2, 0.25) is 0 Å². The predicted octanol–water partition coefficient (Wildman–Crippen LogP) is 4.22. The van der Waals surface area contributed by atoms with Gasteiger partial charge in [0.25, 0.3) is 5.91 Å². The number of fused-ring (bicyclic) bond motifs is 2. The van der Waals surface area contributed by atoms with Crippen LogP contribution in [0.25, 0.3) is 21.8 Å². The zero-order chi connectivity index (χ0) is 22.5. The van der Waals surface area contributed by atoms with E-state index in [1.165, 1.54) is 0 Å². The molecule has 2 heterocycles. The number of hydrogen-bond donors (Lipinski definition) is 2. The molecule has 0 saturated carbocycles. The Kier molecular flexibility index (Phi) is 6.66. The SMILES string of the molecule is CCOCc1nc2c(N)nc(C)cc2n1CCCCNC(=O)c1ccc2ccccc2c1. The maximum Gasteiger partial charge on any atom is 0.251 e. The number of carbonyl (C=O) groups is 1. The lowest BCUT2D eigenvalue weighted by Gasteiger charge is -2.10. The molecule has 166 valence electrons. The van der Waals surface area contributed by atoms with Crippen LogP contribution in [-0.4, -0.2) is 33.6 Å². The summed E-state index contributed by atoms with van der Waals surface area (Å²) >= 11 is 0. The van der Waals surface area contributed by atoms with E-state index < -0.39 is 0 Å². The van der Waals surface area contributed by atoms with Crippen LogP contribution in [0.4, 0.5) is 5.82 Å². The van der Waals surface area contributed by atoms with Crippen LogP contribution >= 0.6 is 0 Å². The second kappa shape index (κ2) is 9.78. The van der Waals surface area contributed by atoms with E-state index in [2.05, 4.69) is 19.9 Å². The minimum absolute atomic E-state index is 0.0460. The van der Waals surface area contributed by atoms with Crippen LogP contribution in [0.15, 0.2) is 48.5 Å². The smallest absolute Gasteiger partial charge is 0.251 e. The Labute approximate surface area is 187 Å². The molecule has 7 nitrogen and oxygen atoms in total. The number of hydrogen-bond acceptors (Lipinski definition) is 5. The highest BCUT2D eigenvalue weighted by atomic mass is 16.5. The first-order valence-electron chi connectivity index (χ1n) is 11.0. The molecule has 0 spiro atoms. The fourth-order valence-corrected chi connectivity index (χ4v) is 3.90. The number of nitrogens with one attached hydrogen (secondary N) is 1. The van der Waals surface area contributed by atoms with Crippen molar-refractivity contribution in [2.75, 3.05) is 18.9 Å². The lowest BCUT2D eigenvalue weighted by atomic mass is 10.1. The molecule has 32 heavy (non-hydrogen) atoms. The maximum absolute atomic E-state index is 12.5. The van der Waals surface area contributed by atoms with Crippen LogP contribution in [0, 0.1) is 6.92 Å². The van der Waals surface area contributed by atoms with E-state index in [1.54, 1.807) is 0 Å². The molecule has 2 aromatic heterocycles. The van der Waals surface area contributed by atoms with Gasteiger partial charge in [-0.3, -0.25) is 4.79 Å². The van der Waals surface area contributed by atoms with Gasteiger partial charge in [-0.05, 0) is 55.7 Å². The van der Waals surface area contributed by atoms with Crippen molar-refractivity contribution < 1.29 is 9.53 Å². The molecular weight excluding hydrogens is 402 g/mol. The first-order chi connectivity index (χ1) is 15.6. The van der Waals surface area contributed by atoms with Gasteiger partial charge in [0.05, 0.1) is 5.52 Å². The van der Waals surface area contributed by atoms with Crippen molar-refractivity contribution in [3.63, 3.8) is 0 Å². The summed E-state index contributed by atoms with van der Waals surface area (Å²) in [5, 5.41) is 5.23. The number of unbranched alkanes of at least 4 members (excludes halogenated alkanes) is 1. The lowest BCUT2D eigenvalue weighted by molar-refractivity contribution is 0.0953. The Morgan fingerprint density at radius 1 is 1.09 bits per heavy atom. The zero-order valence-corrected chi connectivity index (χ0v) is 18.6. The standard InChI is InChI=1S/C25H29N5O2/c1-3-32-16-22-29-23-21(14-17(2)28-24(23)26)30(22)13-7-6-12-27-25(31)20-11-10-18-8-4-5-9-19(18)15-20/h4-5,8-11,14-15H,3,6-7,12-13,16H2,1-2H3,(H2,26,28)(H,27,31). The van der Waals surface area contributed by atoms with Gasteiger partial charge >= 0.3 is 0 Å². The number of nitrogens with zero attached hydrogens (tertiary/aromatic N) is 3. The van der Waals surface area contributed by atoms with Gasteiger partial charge in [0, 0.05) is 31.0 Å². The van der Waals surface area contributed by atoms with Gasteiger partial charge in [0.15, 0.2) is 5.82 Å². The second-order valence-corrected chi connectivity index (χ2v) is 7.86. The number of imidazole rings is 1. The molecule has 0 unspecified atom stereocenters. The molecule has 0 aliphatic heterocycles. The number of benzene rings is 2. The number of nitrogen functional groups attached to an aromatic ring is 1. The van der Waals surface area contributed by atoms with Gasteiger partial charge < -0.3 is 20.4 Å². The third-order valence-corrected chi connectivity index (χ3v) is 5.51. The third kappa shape index (κ3) is 4.73. The topological polar surface area (TPSA) is 95.1 Å². The van der Waals surface area contributed by atoms with Crippen LogP contribution in [-0.2, 0) is 17.9 Å². The first-order valence-corrected chi connectivity index (χ1v) is 11.0. The van der Waals surface area contributed by atoms with E-state index in [-0.39, 0.29) is 5.91 Å². The van der Waals surface area contributed by atoms with Crippen LogP contribution < -0.4 is 11.1 Å². The summed E-state index contributed by atoms with van der Waals surface area (Å²) in [5.74, 6) is 1.25. The Bertz CT molecular complexity index is 1250. The highest BCUT2D eigenvalue weighted by Crippen LogP contribution is 2.23. The fraction of sp³-hybridized carbons (Fsp3) is 0.320. The number of nitrogens with two attached hydrogens (primary N) is 1. The highest BCUT2D eigenvalue weighted by Gasteiger charge is 2.14. The van der Waals surface area contributed by atoms with Gasteiger partial charge in [0.2, 0.25) is 0 Å². The summed E-state index contributed by atoms with van der Waals surface area (Å²) < 4.78 is 7.75. The largest absolute Gasteiger partial charge is 0.382 e. The van der Waals surface area contributed by atoms with Gasteiger partial charge in [-0.15, -0.1) is 0 Å². The number of anilines is 1. The molecule has 7 heteroatoms. The molecule has 0 aliphatic rings. The Hall–Kier alpha value is -3.45. The Balaban J connectivity index is 1.37. The number of pyridine rings is 1. The number of aryl methyl sites for hydroxylation is 2. The number of amides is 1. The summed E-state index contributed by atoms with van der Waals surface area (Å²) in [4.78, 5) is 21.5. The summed E-state index contributed by atoms with van der Waals surface area (Å²) in [6.07, 6.45) is 1.75. The normalized spacial score (nSPS) is 11.3. The van der Waals surface area contributed by atoms with Gasteiger partial charge in [0.1, 0.15) is 17.9 Å². The molecule has 0 saturated heterocycles. The Morgan fingerprint density at radius 2 is 1.91 bits per heavy atom. The van der Waals surface area contributed by atoms with E-state index in [0.717, 1.165) is 52.7 Å². The lowest BCUT2D eigenvalue weighted by Crippen LogP contribution is -2.24. The van der Waals surface area contributed by atoms with E-state index in [9.17, 15) is 4.79 Å². The highest BCUT2D eigenvalue weighted by molar-refractivity contribution is 5.98. The molecule has 4 aromatic rings. The zero-order valence-electron chi connectivity index (χ0n) is 18.6. The third-order valence-electron chi connectivity index (χ3n) is 5.51. The van der Waals surface area contributed by atoms with Crippen molar-refractivity contribution in [1.82, 2.24) is 19.9 Å². The molecular formula is C25H29N5O2. The molecule has 4 rings (SSSR count). The fourth-order valence-electron chi connectivity index (χ4n) is 3.90. The molecule has 0 bridgehead atoms. The molecule has 2 aromatic carbocycles. The Morgan fingerprint density at radius 3 is 2.72 bits per heavy atom. The van der Waals surface area contributed by atoms with E-state index in [4.69, 9.17) is 10.5 Å². The summed E-state index contributed by atoms with van der Waals surface area (Å²) in [6.45, 7) is 6.33. The van der Waals surface area contributed by atoms with Crippen molar-refractivity contribution in [3.8, 4) is 0 Å². The maximum atomic E-state index is 12.5. The van der Waals surface area contributed by atoms with Crippen LogP contribution in [0.1, 0.15) is 41.6 Å². The summed E-state index contributed by atoms with van der Waals surface area (Å²) in [7, 11) is 0. The summed E-state index contributed by atoms with van der Waals surface area (Å²) in [5.41, 5.74) is 9.33. The quantitative estimate of drug-likeness (QED) is 0.387. The minimum Gasteiger partial charge on any atom is -0.382 e. The molecule has 3 N–H and O–H groups in total. The van der Waals surface area contributed by atoms with Crippen LogP contribution in [0.3, 0.4) is 0 Å². The molecule has 0 fully saturated rings. The van der Waals surface area contributed by atoms with E-state index >= 15 is 0 Å². The molecule has 0 aliphatic carbocycles. The average Bonchev–Trinajstić information content (AvgIpc) is 3.14. The average molecular weight is 432 g/mol. The van der Waals surface area contributed by atoms with E-state index in [1.807, 2.05) is 62.4 Å². The number of aromatic nitrogens is 3. The number of carbonyl (C=O) groups excluding carboxylic acids is 1. The van der Waals surface area contributed by atoms with Crippen molar-refractivity contribution in [2.45, 2.75) is 39.8 Å². The number of ether oxygens (including phenoxy) is 1. The van der Waals surface area contributed by atoms with Crippen molar-refractivity contribution in [2.24, 2.45) is 0 Å². The van der Waals surface area contributed by atoms with Crippen molar-refractivity contribution in [3.05, 3.63) is 65.6 Å². The molecule has 1 amide bonds. The van der Waals surface area contributed by atoms with E-state index in [0.29, 0.717) is 31.1 Å². The number of rotatable bonds is 9. The summed E-state index contributed by atoms with van der Waals surface area (Å²) in [6, 6.07) is 15.8. The van der Waals surface area contributed by atoms with Gasteiger partial charge in [-0.25, -0.2) is 9.97 Å².